The number of nitrogens with one attached hydrogen (secondary N) is 1. The average molecular weight is 364 g/mol. The molecule has 2 aromatic rings. The monoisotopic (exact) mass is 363 g/mol. The number of hydrazone groups is 1. The number of rotatable bonds is 4. The Morgan fingerprint density at radius 1 is 1.27 bits per heavy atom. The minimum atomic E-state index is -0.455. The topological polar surface area (TPSA) is 86.0 Å². The Morgan fingerprint density at radius 2 is 2.05 bits per heavy atom. The molecule has 1 aliphatic rings. The quantitative estimate of drug-likeness (QED) is 0.510. The van der Waals surface area contributed by atoms with Crippen molar-refractivity contribution in [1.29, 1.82) is 0 Å². The van der Waals surface area contributed by atoms with E-state index in [0.717, 1.165) is 10.0 Å². The van der Waals surface area contributed by atoms with Crippen LogP contribution in [0.1, 0.15) is 5.56 Å². The fourth-order valence-corrected chi connectivity index (χ4v) is 2.32. The third-order valence-corrected chi connectivity index (χ3v) is 3.63. The van der Waals surface area contributed by atoms with Crippen molar-refractivity contribution in [3.63, 3.8) is 0 Å². The summed E-state index contributed by atoms with van der Waals surface area (Å²) in [5.41, 5.74) is 4.08. The van der Waals surface area contributed by atoms with E-state index in [-0.39, 0.29) is 12.5 Å². The number of nitro benzene ring substituents is 1. The van der Waals surface area contributed by atoms with Gasteiger partial charge in [0, 0.05) is 22.2 Å². The molecule has 8 heteroatoms. The van der Waals surface area contributed by atoms with Crippen molar-refractivity contribution in [3.05, 3.63) is 56.5 Å². The zero-order chi connectivity index (χ0) is 15.5. The van der Waals surface area contributed by atoms with E-state index in [1.807, 2.05) is 0 Å². The van der Waals surface area contributed by atoms with Crippen molar-refractivity contribution in [1.82, 2.24) is 0 Å². The van der Waals surface area contributed by atoms with Crippen LogP contribution in [0.5, 0.6) is 11.5 Å². The number of halogens is 1. The molecule has 0 atom stereocenters. The summed E-state index contributed by atoms with van der Waals surface area (Å²) in [4.78, 5) is 10.3. The number of hydrogen-bond donors (Lipinski definition) is 1. The second-order valence-electron chi connectivity index (χ2n) is 4.40. The van der Waals surface area contributed by atoms with Crippen LogP contribution in [0.15, 0.2) is 46.0 Å². The summed E-state index contributed by atoms with van der Waals surface area (Å²) in [5, 5.41) is 14.8. The van der Waals surface area contributed by atoms with Gasteiger partial charge in [0.25, 0.3) is 5.69 Å². The van der Waals surface area contributed by atoms with Crippen molar-refractivity contribution in [3.8, 4) is 11.5 Å². The highest BCUT2D eigenvalue weighted by Gasteiger charge is 2.15. The van der Waals surface area contributed by atoms with Crippen LogP contribution < -0.4 is 14.9 Å². The number of ether oxygens (including phenoxy) is 2. The van der Waals surface area contributed by atoms with Crippen LogP contribution in [0, 0.1) is 10.1 Å². The summed E-state index contributed by atoms with van der Waals surface area (Å²) in [6, 6.07) is 9.71. The summed E-state index contributed by atoms with van der Waals surface area (Å²) >= 11 is 3.42. The standard InChI is InChI=1S/C14H10BrN3O4/c15-12-6-14-13(21-8-22-14)4-9(12)7-16-17-10-2-1-3-11(5-10)18(19)20/h1-7,17H,8H2/b16-7-. The van der Waals surface area contributed by atoms with Gasteiger partial charge in [-0.15, -0.1) is 0 Å². The number of anilines is 1. The number of hydrogen-bond acceptors (Lipinski definition) is 6. The number of benzene rings is 2. The molecule has 1 heterocycles. The first-order chi connectivity index (χ1) is 10.6. The first-order valence-corrected chi connectivity index (χ1v) is 7.05. The van der Waals surface area contributed by atoms with Gasteiger partial charge in [0.05, 0.1) is 16.8 Å². The Kier molecular flexibility index (Phi) is 3.92. The number of fused-ring (bicyclic) bond motifs is 1. The van der Waals surface area contributed by atoms with Crippen LogP contribution in [0.2, 0.25) is 0 Å². The van der Waals surface area contributed by atoms with Crippen molar-refractivity contribution in [2.45, 2.75) is 0 Å². The van der Waals surface area contributed by atoms with E-state index in [9.17, 15) is 10.1 Å². The van der Waals surface area contributed by atoms with E-state index in [2.05, 4.69) is 26.5 Å². The maximum absolute atomic E-state index is 10.7. The van der Waals surface area contributed by atoms with Gasteiger partial charge >= 0.3 is 0 Å². The number of nitrogens with zero attached hydrogens (tertiary/aromatic N) is 2. The van der Waals surface area contributed by atoms with Gasteiger partial charge in [0.2, 0.25) is 6.79 Å². The second-order valence-corrected chi connectivity index (χ2v) is 5.26. The van der Waals surface area contributed by atoms with E-state index >= 15 is 0 Å². The molecule has 0 aliphatic carbocycles. The SMILES string of the molecule is O=[N+]([O-])c1cccc(N/N=C\c2cc3c(cc2Br)OCO3)c1. The van der Waals surface area contributed by atoms with Crippen molar-refractivity contribution in [2.24, 2.45) is 5.10 Å². The zero-order valence-electron chi connectivity index (χ0n) is 11.2. The van der Waals surface area contributed by atoms with Gasteiger partial charge in [0.15, 0.2) is 11.5 Å². The molecule has 0 fully saturated rings. The molecular formula is C14H10BrN3O4. The van der Waals surface area contributed by atoms with Crippen LogP contribution in [-0.4, -0.2) is 17.9 Å². The van der Waals surface area contributed by atoms with E-state index in [1.54, 1.807) is 30.5 Å². The van der Waals surface area contributed by atoms with Gasteiger partial charge in [-0.05, 0) is 34.1 Å². The molecule has 0 amide bonds. The number of non-ortho nitro benzene ring substituents is 1. The normalized spacial score (nSPS) is 12.6. The Labute approximate surface area is 133 Å². The minimum absolute atomic E-state index is 0.00413. The molecule has 0 unspecified atom stereocenters. The maximum Gasteiger partial charge on any atom is 0.271 e. The van der Waals surface area contributed by atoms with Crippen LogP contribution in [0.25, 0.3) is 0 Å². The summed E-state index contributed by atoms with van der Waals surface area (Å²) in [5.74, 6) is 1.33. The van der Waals surface area contributed by atoms with Gasteiger partial charge in [-0.2, -0.15) is 5.10 Å². The van der Waals surface area contributed by atoms with Crippen LogP contribution in [0.4, 0.5) is 11.4 Å². The molecule has 0 aromatic heterocycles. The van der Waals surface area contributed by atoms with Gasteiger partial charge in [0.1, 0.15) is 0 Å². The molecule has 7 nitrogen and oxygen atoms in total. The Morgan fingerprint density at radius 3 is 2.82 bits per heavy atom. The van der Waals surface area contributed by atoms with Gasteiger partial charge in [-0.25, -0.2) is 0 Å². The molecule has 3 rings (SSSR count). The molecule has 0 saturated heterocycles. The molecule has 1 aliphatic heterocycles. The summed E-state index contributed by atoms with van der Waals surface area (Å²) in [7, 11) is 0. The highest BCUT2D eigenvalue weighted by molar-refractivity contribution is 9.10. The molecule has 0 radical (unpaired) electrons. The molecule has 1 N–H and O–H groups in total. The smallest absolute Gasteiger partial charge is 0.271 e. The van der Waals surface area contributed by atoms with Crippen molar-refractivity contribution >= 4 is 33.5 Å². The summed E-state index contributed by atoms with van der Waals surface area (Å²) in [6.45, 7) is 0.203. The third kappa shape index (κ3) is 3.01. The fraction of sp³-hybridized carbons (Fsp3) is 0.0714. The lowest BCUT2D eigenvalue weighted by molar-refractivity contribution is -0.384. The largest absolute Gasteiger partial charge is 0.454 e. The average Bonchev–Trinajstić information content (AvgIpc) is 2.94. The van der Waals surface area contributed by atoms with E-state index in [0.29, 0.717) is 17.2 Å². The van der Waals surface area contributed by atoms with Crippen LogP contribution in [0.3, 0.4) is 0 Å². The number of nitro groups is 1. The highest BCUT2D eigenvalue weighted by atomic mass is 79.9. The zero-order valence-corrected chi connectivity index (χ0v) is 12.7. The van der Waals surface area contributed by atoms with E-state index < -0.39 is 4.92 Å². The Balaban J connectivity index is 1.75. The first-order valence-electron chi connectivity index (χ1n) is 6.26. The third-order valence-electron chi connectivity index (χ3n) is 2.95. The lowest BCUT2D eigenvalue weighted by atomic mass is 10.2. The molecular weight excluding hydrogens is 354 g/mol. The molecule has 2 aromatic carbocycles. The predicted molar refractivity (Wildman–Crippen MR) is 84.6 cm³/mol. The molecule has 0 spiro atoms. The van der Waals surface area contributed by atoms with Crippen molar-refractivity contribution < 1.29 is 14.4 Å². The van der Waals surface area contributed by atoms with E-state index in [4.69, 9.17) is 9.47 Å². The van der Waals surface area contributed by atoms with Gasteiger partial charge in [-0.1, -0.05) is 6.07 Å². The van der Waals surface area contributed by atoms with Gasteiger partial charge < -0.3 is 9.47 Å². The maximum atomic E-state index is 10.7. The Hall–Kier alpha value is -2.61. The summed E-state index contributed by atoms with van der Waals surface area (Å²) < 4.78 is 11.4. The molecule has 0 bridgehead atoms. The first kappa shape index (κ1) is 14.3. The van der Waals surface area contributed by atoms with Crippen LogP contribution >= 0.6 is 15.9 Å². The highest BCUT2D eigenvalue weighted by Crippen LogP contribution is 2.36. The van der Waals surface area contributed by atoms with Gasteiger partial charge in [-0.3, -0.25) is 15.5 Å². The summed E-state index contributed by atoms with van der Waals surface area (Å²) in [6.07, 6.45) is 1.59. The van der Waals surface area contributed by atoms with Crippen LogP contribution in [-0.2, 0) is 0 Å². The van der Waals surface area contributed by atoms with Crippen molar-refractivity contribution in [2.75, 3.05) is 12.2 Å². The lowest BCUT2D eigenvalue weighted by Crippen LogP contribution is -1.94. The van der Waals surface area contributed by atoms with E-state index in [1.165, 1.54) is 12.1 Å². The molecule has 0 saturated carbocycles. The molecule has 112 valence electrons. The molecule has 22 heavy (non-hydrogen) atoms. The fourth-order valence-electron chi connectivity index (χ4n) is 1.90. The second kappa shape index (κ2) is 6.02. The Bertz CT molecular complexity index is 764. The minimum Gasteiger partial charge on any atom is -0.454 e. The lowest BCUT2D eigenvalue weighted by Gasteiger charge is -2.02. The predicted octanol–water partition coefficient (Wildman–Crippen LogP) is 3.53.